The van der Waals surface area contributed by atoms with Crippen molar-refractivity contribution in [1.29, 1.82) is 0 Å². The van der Waals surface area contributed by atoms with Gasteiger partial charge in [0.2, 0.25) is 0 Å². The molecule has 1 atom stereocenters. The highest BCUT2D eigenvalue weighted by Crippen LogP contribution is 2.44. The predicted molar refractivity (Wildman–Crippen MR) is 115 cm³/mol. The highest BCUT2D eigenvalue weighted by molar-refractivity contribution is 7.99. The Morgan fingerprint density at radius 2 is 1.93 bits per heavy atom. The lowest BCUT2D eigenvalue weighted by atomic mass is 9.96. The third-order valence-corrected chi connectivity index (χ3v) is 6.95. The maximum atomic E-state index is 12.1. The Balaban J connectivity index is 1.62. The smallest absolute Gasteiger partial charge is 0.409 e. The van der Waals surface area contributed by atoms with E-state index in [1.54, 1.807) is 23.8 Å². The van der Waals surface area contributed by atoms with E-state index in [9.17, 15) is 4.79 Å². The number of ether oxygens (including phenoxy) is 2. The van der Waals surface area contributed by atoms with Crippen LogP contribution in [0.2, 0.25) is 5.02 Å². The van der Waals surface area contributed by atoms with Gasteiger partial charge in [-0.2, -0.15) is 0 Å². The zero-order chi connectivity index (χ0) is 20.4. The molecule has 0 aliphatic carbocycles. The molecule has 2 aromatic rings. The molecule has 2 aliphatic rings. The summed E-state index contributed by atoms with van der Waals surface area (Å²) in [5, 5.41) is 0.753. The largest absolute Gasteiger partial charge is 0.497 e. The zero-order valence-electron chi connectivity index (χ0n) is 16.7. The lowest BCUT2D eigenvalue weighted by Gasteiger charge is -2.39. The van der Waals surface area contributed by atoms with Crippen LogP contribution in [0.4, 0.5) is 4.79 Å². The Bertz CT molecular complexity index is 900. The van der Waals surface area contributed by atoms with E-state index in [0.29, 0.717) is 19.7 Å². The standard InChI is InChI=1S/C22H25ClN2O3S/c1-3-28-22(26)25-10-8-24(9-11-25)19-12-15-4-6-17(27-2)14-21(15)29-20-7-5-16(23)13-18(19)20/h4-7,13-14,19H,3,8-12H2,1-2H3. The van der Waals surface area contributed by atoms with E-state index in [4.69, 9.17) is 21.1 Å². The molecule has 29 heavy (non-hydrogen) atoms. The van der Waals surface area contributed by atoms with Gasteiger partial charge in [0, 0.05) is 47.0 Å². The van der Waals surface area contributed by atoms with Crippen LogP contribution in [0.15, 0.2) is 46.2 Å². The second-order valence-electron chi connectivity index (χ2n) is 7.20. The minimum absolute atomic E-state index is 0.218. The highest BCUT2D eigenvalue weighted by atomic mass is 35.5. The topological polar surface area (TPSA) is 42.0 Å². The SMILES string of the molecule is CCOC(=O)N1CCN(C2Cc3ccc(OC)cc3Sc3ccc(Cl)cc32)CC1. The first-order chi connectivity index (χ1) is 14.1. The molecule has 4 rings (SSSR count). The van der Waals surface area contributed by atoms with Gasteiger partial charge < -0.3 is 14.4 Å². The number of piperazine rings is 1. The second kappa shape index (κ2) is 8.86. The van der Waals surface area contributed by atoms with Crippen LogP contribution in [0.25, 0.3) is 0 Å². The lowest BCUT2D eigenvalue weighted by Crippen LogP contribution is -2.50. The van der Waals surface area contributed by atoms with Crippen LogP contribution in [-0.2, 0) is 11.2 Å². The van der Waals surface area contributed by atoms with Gasteiger partial charge in [0.15, 0.2) is 0 Å². The van der Waals surface area contributed by atoms with Crippen LogP contribution in [0.5, 0.6) is 5.75 Å². The van der Waals surface area contributed by atoms with Crippen molar-refractivity contribution in [3.05, 3.63) is 52.5 Å². The predicted octanol–water partition coefficient (Wildman–Crippen LogP) is 4.87. The fourth-order valence-corrected chi connectivity index (χ4v) is 5.32. The monoisotopic (exact) mass is 432 g/mol. The maximum Gasteiger partial charge on any atom is 0.409 e. The maximum absolute atomic E-state index is 12.1. The number of rotatable bonds is 3. The minimum Gasteiger partial charge on any atom is -0.497 e. The molecule has 0 spiro atoms. The molecule has 2 heterocycles. The summed E-state index contributed by atoms with van der Waals surface area (Å²) in [5.74, 6) is 0.869. The van der Waals surface area contributed by atoms with Crippen LogP contribution in [-0.4, -0.2) is 55.8 Å². The molecular weight excluding hydrogens is 408 g/mol. The first-order valence-corrected chi connectivity index (χ1v) is 11.1. The van der Waals surface area contributed by atoms with Gasteiger partial charge in [-0.3, -0.25) is 4.90 Å². The summed E-state index contributed by atoms with van der Waals surface area (Å²) >= 11 is 8.15. The van der Waals surface area contributed by atoms with Crippen molar-refractivity contribution in [1.82, 2.24) is 9.80 Å². The van der Waals surface area contributed by atoms with Crippen LogP contribution in [0, 0.1) is 0 Å². The van der Waals surface area contributed by atoms with Gasteiger partial charge >= 0.3 is 6.09 Å². The van der Waals surface area contributed by atoms with Crippen molar-refractivity contribution in [2.75, 3.05) is 39.9 Å². The van der Waals surface area contributed by atoms with E-state index in [2.05, 4.69) is 29.2 Å². The average Bonchev–Trinajstić information content (AvgIpc) is 2.90. The van der Waals surface area contributed by atoms with E-state index < -0.39 is 0 Å². The van der Waals surface area contributed by atoms with Gasteiger partial charge in [-0.05, 0) is 54.8 Å². The van der Waals surface area contributed by atoms with Crippen LogP contribution >= 0.6 is 23.4 Å². The second-order valence-corrected chi connectivity index (χ2v) is 8.72. The number of amides is 1. The average molecular weight is 433 g/mol. The van der Waals surface area contributed by atoms with Crippen molar-refractivity contribution in [3.63, 3.8) is 0 Å². The summed E-state index contributed by atoms with van der Waals surface area (Å²) in [6.45, 7) is 5.22. The Labute approximate surface area is 180 Å². The molecule has 0 aromatic heterocycles. The molecule has 2 aliphatic heterocycles. The molecule has 0 bridgehead atoms. The lowest BCUT2D eigenvalue weighted by molar-refractivity contribution is 0.0652. The van der Waals surface area contributed by atoms with Crippen molar-refractivity contribution in [3.8, 4) is 5.75 Å². The number of carbonyl (C=O) groups excluding carboxylic acids is 1. The first kappa shape index (κ1) is 20.4. The fourth-order valence-electron chi connectivity index (χ4n) is 3.99. The van der Waals surface area contributed by atoms with Gasteiger partial charge in [0.05, 0.1) is 13.7 Å². The zero-order valence-corrected chi connectivity index (χ0v) is 18.3. The molecular formula is C22H25ClN2O3S. The number of nitrogens with zero attached hydrogens (tertiary/aromatic N) is 2. The molecule has 5 nitrogen and oxygen atoms in total. The summed E-state index contributed by atoms with van der Waals surface area (Å²) < 4.78 is 10.6. The van der Waals surface area contributed by atoms with Crippen molar-refractivity contribution < 1.29 is 14.3 Å². The summed E-state index contributed by atoms with van der Waals surface area (Å²) in [4.78, 5) is 18.8. The summed E-state index contributed by atoms with van der Waals surface area (Å²) in [6, 6.07) is 12.7. The molecule has 0 radical (unpaired) electrons. The van der Waals surface area contributed by atoms with Crippen molar-refractivity contribution in [2.45, 2.75) is 29.2 Å². The number of halogens is 1. The Hall–Kier alpha value is -1.89. The third-order valence-electron chi connectivity index (χ3n) is 5.52. The van der Waals surface area contributed by atoms with E-state index in [1.165, 1.54) is 20.9 Å². The summed E-state index contributed by atoms with van der Waals surface area (Å²) in [6.07, 6.45) is 0.684. The number of hydrogen-bond acceptors (Lipinski definition) is 5. The van der Waals surface area contributed by atoms with Crippen LogP contribution in [0.1, 0.15) is 24.1 Å². The molecule has 154 valence electrons. The third kappa shape index (κ3) is 4.34. The number of methoxy groups -OCH3 is 1. The van der Waals surface area contributed by atoms with E-state index in [0.717, 1.165) is 30.3 Å². The summed E-state index contributed by atoms with van der Waals surface area (Å²) in [5.41, 5.74) is 2.56. The number of benzene rings is 2. The molecule has 1 amide bonds. The van der Waals surface area contributed by atoms with E-state index in [-0.39, 0.29) is 12.1 Å². The van der Waals surface area contributed by atoms with E-state index >= 15 is 0 Å². The summed E-state index contributed by atoms with van der Waals surface area (Å²) in [7, 11) is 1.70. The van der Waals surface area contributed by atoms with Gasteiger partial charge in [0.25, 0.3) is 0 Å². The fraction of sp³-hybridized carbons (Fsp3) is 0.409. The molecule has 1 unspecified atom stereocenters. The minimum atomic E-state index is -0.218. The Morgan fingerprint density at radius 3 is 2.66 bits per heavy atom. The molecule has 2 aromatic carbocycles. The van der Waals surface area contributed by atoms with Gasteiger partial charge in [0.1, 0.15) is 5.75 Å². The molecule has 0 N–H and O–H groups in total. The normalized spacial score (nSPS) is 19.1. The Kier molecular flexibility index (Phi) is 6.23. The molecule has 1 saturated heterocycles. The molecule has 0 saturated carbocycles. The van der Waals surface area contributed by atoms with Crippen LogP contribution in [0.3, 0.4) is 0 Å². The quantitative estimate of drug-likeness (QED) is 0.692. The first-order valence-electron chi connectivity index (χ1n) is 9.89. The number of carbonyl (C=O) groups is 1. The number of fused-ring (bicyclic) bond motifs is 2. The van der Waals surface area contributed by atoms with E-state index in [1.807, 2.05) is 19.1 Å². The van der Waals surface area contributed by atoms with Crippen molar-refractivity contribution in [2.24, 2.45) is 0 Å². The number of hydrogen-bond donors (Lipinski definition) is 0. The van der Waals surface area contributed by atoms with Crippen LogP contribution < -0.4 is 4.74 Å². The molecule has 7 heteroatoms. The molecule has 1 fully saturated rings. The van der Waals surface area contributed by atoms with Crippen molar-refractivity contribution >= 4 is 29.5 Å². The van der Waals surface area contributed by atoms with Gasteiger partial charge in [-0.1, -0.05) is 29.4 Å². The Morgan fingerprint density at radius 1 is 1.14 bits per heavy atom. The van der Waals surface area contributed by atoms with Gasteiger partial charge in [-0.25, -0.2) is 4.79 Å². The highest BCUT2D eigenvalue weighted by Gasteiger charge is 2.31. The van der Waals surface area contributed by atoms with Gasteiger partial charge in [-0.15, -0.1) is 0 Å².